The monoisotopic (exact) mass is 371 g/mol. The Morgan fingerprint density at radius 2 is 1.40 bits per heavy atom. The van der Waals surface area contributed by atoms with Gasteiger partial charge in [0.05, 0.1) is 6.61 Å². The summed E-state index contributed by atoms with van der Waals surface area (Å²) in [5, 5.41) is 7.36. The van der Waals surface area contributed by atoms with Gasteiger partial charge in [-0.1, -0.05) is 63.3 Å². The van der Waals surface area contributed by atoms with Crippen molar-refractivity contribution in [3.63, 3.8) is 0 Å². The first kappa shape index (κ1) is 22.3. The molecule has 0 bridgehead atoms. The van der Waals surface area contributed by atoms with E-state index >= 15 is 0 Å². The van der Waals surface area contributed by atoms with Crippen LogP contribution >= 0.6 is 7.60 Å². The quantitative estimate of drug-likeness (QED) is 0.312. The molecule has 0 amide bonds. The summed E-state index contributed by atoms with van der Waals surface area (Å²) in [6.45, 7) is 1.51. The van der Waals surface area contributed by atoms with E-state index in [1.54, 1.807) is 0 Å². The van der Waals surface area contributed by atoms with Crippen LogP contribution in [0.4, 0.5) is 0 Å². The maximum absolute atomic E-state index is 11.4. The van der Waals surface area contributed by atoms with Crippen molar-refractivity contribution in [3.05, 3.63) is 35.4 Å². The summed E-state index contributed by atoms with van der Waals surface area (Å²) in [6, 6.07) is 8.40. The third-order valence-electron chi connectivity index (χ3n) is 4.77. The van der Waals surface area contributed by atoms with Crippen molar-refractivity contribution in [3.8, 4) is 0 Å². The second-order valence-electron chi connectivity index (χ2n) is 6.99. The molecule has 1 aromatic rings. The lowest BCUT2D eigenvalue weighted by Crippen LogP contribution is -2.43. The number of rotatable bonds is 13. The molecule has 0 radical (unpaired) electrons. The predicted molar refractivity (Wildman–Crippen MR) is 103 cm³/mol. The van der Waals surface area contributed by atoms with Crippen LogP contribution in [0.2, 0.25) is 0 Å². The van der Waals surface area contributed by atoms with Gasteiger partial charge in [-0.2, -0.15) is 0 Å². The molecule has 0 aliphatic rings. The molecule has 1 atom stereocenters. The Hall–Kier alpha value is -0.710. The molecule has 0 heterocycles. The number of aliphatic hydroxyl groups is 1. The number of benzene rings is 1. The second-order valence-corrected chi connectivity index (χ2v) is 8.97. The topological polar surface area (TPSA) is 104 Å². The van der Waals surface area contributed by atoms with E-state index in [1.165, 1.54) is 44.1 Å². The molecule has 5 N–H and O–H groups in total. The number of nitrogens with two attached hydrogens (primary N) is 1. The van der Waals surface area contributed by atoms with E-state index in [9.17, 15) is 19.5 Å². The predicted octanol–water partition coefficient (Wildman–Crippen LogP) is 3.74. The Kier molecular flexibility index (Phi) is 9.91. The zero-order valence-electron chi connectivity index (χ0n) is 15.4. The van der Waals surface area contributed by atoms with Crippen LogP contribution in [0.1, 0.15) is 69.4 Å². The number of hydrogen-bond donors (Lipinski definition) is 4. The minimum atomic E-state index is -4.51. The van der Waals surface area contributed by atoms with Crippen molar-refractivity contribution in [2.75, 3.05) is 6.61 Å². The van der Waals surface area contributed by atoms with Gasteiger partial charge in [0.25, 0.3) is 0 Å². The van der Waals surface area contributed by atoms with Crippen LogP contribution in [-0.2, 0) is 17.4 Å². The molecule has 0 saturated heterocycles. The molecule has 6 heteroatoms. The molecule has 0 saturated carbocycles. The van der Waals surface area contributed by atoms with E-state index in [1.807, 2.05) is 0 Å². The first-order valence-electron chi connectivity index (χ1n) is 9.35. The van der Waals surface area contributed by atoms with Gasteiger partial charge in [0.15, 0.2) is 0 Å². The van der Waals surface area contributed by atoms with E-state index < -0.39 is 19.5 Å². The highest BCUT2D eigenvalue weighted by atomic mass is 31.2. The second kappa shape index (κ2) is 11.1. The van der Waals surface area contributed by atoms with Crippen molar-refractivity contribution in [1.82, 2.24) is 0 Å². The maximum atomic E-state index is 11.4. The fourth-order valence-corrected chi connectivity index (χ4v) is 3.53. The van der Waals surface area contributed by atoms with Crippen molar-refractivity contribution >= 4 is 7.60 Å². The minimum absolute atomic E-state index is 0.0906. The van der Waals surface area contributed by atoms with Gasteiger partial charge in [-0.15, -0.1) is 0 Å². The molecule has 25 heavy (non-hydrogen) atoms. The highest BCUT2D eigenvalue weighted by molar-refractivity contribution is 7.53. The van der Waals surface area contributed by atoms with Crippen LogP contribution < -0.4 is 5.73 Å². The number of aliphatic hydroxyl groups excluding tert-OH is 1. The van der Waals surface area contributed by atoms with Crippen molar-refractivity contribution in [1.29, 1.82) is 0 Å². The zero-order valence-corrected chi connectivity index (χ0v) is 16.3. The molecular formula is C19H34NO4P. The molecule has 1 aromatic carbocycles. The van der Waals surface area contributed by atoms with Gasteiger partial charge in [0.2, 0.25) is 0 Å². The Balaban J connectivity index is 2.33. The van der Waals surface area contributed by atoms with E-state index in [0.717, 1.165) is 12.0 Å². The molecular weight excluding hydrogens is 337 g/mol. The zero-order chi connectivity index (χ0) is 18.8. The van der Waals surface area contributed by atoms with Crippen LogP contribution in [0.25, 0.3) is 0 Å². The van der Waals surface area contributed by atoms with Crippen molar-refractivity contribution in [2.45, 2.75) is 76.4 Å². The first-order valence-corrected chi connectivity index (χ1v) is 11.0. The third-order valence-corrected chi connectivity index (χ3v) is 6.30. The molecule has 144 valence electrons. The van der Waals surface area contributed by atoms with E-state index in [4.69, 9.17) is 5.73 Å². The van der Waals surface area contributed by atoms with E-state index in [-0.39, 0.29) is 6.42 Å². The lowest BCUT2D eigenvalue weighted by Gasteiger charge is -2.27. The smallest absolute Gasteiger partial charge is 0.347 e. The fourth-order valence-electron chi connectivity index (χ4n) is 2.90. The maximum Gasteiger partial charge on any atom is 0.347 e. The van der Waals surface area contributed by atoms with Crippen molar-refractivity contribution in [2.24, 2.45) is 5.73 Å². The minimum Gasteiger partial charge on any atom is -0.394 e. The number of unbranched alkanes of at least 4 members (excludes halogenated alkanes) is 5. The van der Waals surface area contributed by atoms with Crippen LogP contribution in [0.5, 0.6) is 0 Å². The molecule has 5 nitrogen and oxygen atoms in total. The summed E-state index contributed by atoms with van der Waals surface area (Å²) in [5.41, 5.74) is 8.10. The van der Waals surface area contributed by atoms with Crippen LogP contribution in [0.15, 0.2) is 24.3 Å². The van der Waals surface area contributed by atoms with Gasteiger partial charge < -0.3 is 20.6 Å². The van der Waals surface area contributed by atoms with Gasteiger partial charge in [-0.25, -0.2) is 0 Å². The van der Waals surface area contributed by atoms with Gasteiger partial charge in [0, 0.05) is 0 Å². The third kappa shape index (κ3) is 8.02. The van der Waals surface area contributed by atoms with Gasteiger partial charge in [-0.3, -0.25) is 4.57 Å². The van der Waals surface area contributed by atoms with Crippen LogP contribution in [-0.4, -0.2) is 26.8 Å². The van der Waals surface area contributed by atoms with Crippen molar-refractivity contribution < 1.29 is 19.5 Å². The fraction of sp³-hybridized carbons (Fsp3) is 0.684. The molecule has 0 unspecified atom stereocenters. The summed E-state index contributed by atoms with van der Waals surface area (Å²) < 4.78 is 11.4. The van der Waals surface area contributed by atoms with Gasteiger partial charge in [-0.05, 0) is 43.2 Å². The van der Waals surface area contributed by atoms with Gasteiger partial charge >= 0.3 is 7.60 Å². The average molecular weight is 371 g/mol. The molecule has 0 aliphatic heterocycles. The average Bonchev–Trinajstić information content (AvgIpc) is 2.58. The summed E-state index contributed by atoms with van der Waals surface area (Å²) in [6.07, 6.45) is 10.2. The standard InChI is InChI=1S/C19H34NO4P/c1-2-3-4-5-6-7-9-17-11-13-18(14-12-17)10-8-15-19(20,16-21)25(22,23)24/h11-14,21H,2-10,15-16,20H2,1H3,(H2,22,23,24)/t19-/m1/s1. The number of hydrogen-bond acceptors (Lipinski definition) is 3. The highest BCUT2D eigenvalue weighted by Gasteiger charge is 2.42. The van der Waals surface area contributed by atoms with E-state index in [2.05, 4.69) is 31.2 Å². The Labute approximate surface area is 151 Å². The molecule has 0 spiro atoms. The Morgan fingerprint density at radius 1 is 0.920 bits per heavy atom. The summed E-state index contributed by atoms with van der Waals surface area (Å²) in [5.74, 6) is 0. The van der Waals surface area contributed by atoms with E-state index in [0.29, 0.717) is 12.8 Å². The SMILES string of the molecule is CCCCCCCCc1ccc(CCC[C@](N)(CO)P(=O)(O)O)cc1. The van der Waals surface area contributed by atoms with Crippen LogP contribution in [0, 0.1) is 0 Å². The Bertz CT molecular complexity index is 529. The summed E-state index contributed by atoms with van der Waals surface area (Å²) in [7, 11) is -4.51. The molecule has 0 aromatic heterocycles. The number of aryl methyl sites for hydroxylation is 2. The Morgan fingerprint density at radius 3 is 1.88 bits per heavy atom. The molecule has 0 fully saturated rings. The lowest BCUT2D eigenvalue weighted by atomic mass is 10.0. The molecule has 1 rings (SSSR count). The lowest BCUT2D eigenvalue weighted by molar-refractivity contribution is 0.204. The highest BCUT2D eigenvalue weighted by Crippen LogP contribution is 2.49. The largest absolute Gasteiger partial charge is 0.394 e. The van der Waals surface area contributed by atoms with Gasteiger partial charge in [0.1, 0.15) is 5.28 Å². The normalized spacial score (nSPS) is 14.4. The summed E-state index contributed by atoms with van der Waals surface area (Å²) in [4.78, 5) is 18.5. The molecule has 0 aliphatic carbocycles. The summed E-state index contributed by atoms with van der Waals surface area (Å²) >= 11 is 0. The van der Waals surface area contributed by atoms with Crippen LogP contribution in [0.3, 0.4) is 0 Å². The first-order chi connectivity index (χ1) is 11.8.